The fourth-order valence-electron chi connectivity index (χ4n) is 1.60. The van der Waals surface area contributed by atoms with Crippen molar-refractivity contribution in [2.75, 3.05) is 19.7 Å². The summed E-state index contributed by atoms with van der Waals surface area (Å²) < 4.78 is 10.8. The highest BCUT2D eigenvalue weighted by Crippen LogP contribution is 2.42. The second kappa shape index (κ2) is 4.33. The average molecular weight is 226 g/mol. The highest BCUT2D eigenvalue weighted by Gasteiger charge is 2.19. The lowest BCUT2D eigenvalue weighted by Gasteiger charge is -2.14. The lowest BCUT2D eigenvalue weighted by atomic mass is 10.0. The van der Waals surface area contributed by atoms with E-state index in [1.807, 2.05) is 19.1 Å². The van der Waals surface area contributed by atoms with Crippen molar-refractivity contribution in [2.24, 2.45) is 0 Å². The number of ether oxygens (including phenoxy) is 2. The summed E-state index contributed by atoms with van der Waals surface area (Å²) in [7, 11) is 1.65. The van der Waals surface area contributed by atoms with Crippen molar-refractivity contribution in [1.29, 1.82) is 0 Å². The zero-order valence-electron chi connectivity index (χ0n) is 8.82. The summed E-state index contributed by atoms with van der Waals surface area (Å²) in [4.78, 5) is 1.11. The van der Waals surface area contributed by atoms with Crippen LogP contribution in [0.5, 0.6) is 11.5 Å². The van der Waals surface area contributed by atoms with E-state index >= 15 is 0 Å². The van der Waals surface area contributed by atoms with Gasteiger partial charge in [0.15, 0.2) is 0 Å². The van der Waals surface area contributed by atoms with E-state index in [2.05, 4.69) is 0 Å². The summed E-state index contributed by atoms with van der Waals surface area (Å²) >= 11 is 1.66. The Kier molecular flexibility index (Phi) is 3.07. The molecule has 0 spiro atoms. The van der Waals surface area contributed by atoms with Gasteiger partial charge in [-0.2, -0.15) is 0 Å². The van der Waals surface area contributed by atoms with Crippen LogP contribution in [0.1, 0.15) is 18.4 Å². The van der Waals surface area contributed by atoms with Crippen molar-refractivity contribution in [3.8, 4) is 11.5 Å². The molecule has 0 amide bonds. The van der Waals surface area contributed by atoms with Crippen molar-refractivity contribution in [3.05, 3.63) is 17.7 Å². The lowest BCUT2D eigenvalue weighted by molar-refractivity contribution is 0.269. The van der Waals surface area contributed by atoms with Gasteiger partial charge >= 0.3 is 0 Å². The number of rotatable bonds is 3. The molecular weight excluding hydrogens is 212 g/mol. The van der Waals surface area contributed by atoms with Gasteiger partial charge in [-0.05, 0) is 12.1 Å². The van der Waals surface area contributed by atoms with Crippen LogP contribution in [0.3, 0.4) is 0 Å². The van der Waals surface area contributed by atoms with Crippen LogP contribution in [0.4, 0.5) is 0 Å². The molecule has 0 bridgehead atoms. The standard InChI is InChI=1S/C11H14O3S/c1-7(5-12)8-3-10-11(15-6-14-10)4-9(8)13-2/h3-4,7,12H,5-6H2,1-2H3. The second-order valence-electron chi connectivity index (χ2n) is 3.53. The van der Waals surface area contributed by atoms with Gasteiger partial charge in [0, 0.05) is 18.1 Å². The van der Waals surface area contributed by atoms with E-state index in [1.54, 1.807) is 18.9 Å². The minimum Gasteiger partial charge on any atom is -0.496 e. The van der Waals surface area contributed by atoms with E-state index in [4.69, 9.17) is 14.6 Å². The average Bonchev–Trinajstić information content (AvgIpc) is 2.73. The summed E-state index contributed by atoms with van der Waals surface area (Å²) in [6, 6.07) is 3.95. The molecule has 1 N–H and O–H groups in total. The van der Waals surface area contributed by atoms with Crippen LogP contribution in [0, 0.1) is 0 Å². The molecule has 0 saturated carbocycles. The molecule has 0 aliphatic carbocycles. The third-order valence-electron chi connectivity index (χ3n) is 2.53. The molecule has 3 nitrogen and oxygen atoms in total. The molecule has 2 rings (SSSR count). The Morgan fingerprint density at radius 3 is 3.07 bits per heavy atom. The first-order valence-electron chi connectivity index (χ1n) is 4.84. The normalized spacial score (nSPS) is 15.7. The fourth-order valence-corrected chi connectivity index (χ4v) is 2.36. The van der Waals surface area contributed by atoms with Crippen LogP contribution >= 0.6 is 11.8 Å². The van der Waals surface area contributed by atoms with E-state index in [0.717, 1.165) is 22.0 Å². The number of aliphatic hydroxyl groups is 1. The molecule has 1 unspecified atom stereocenters. The maximum atomic E-state index is 9.16. The van der Waals surface area contributed by atoms with Crippen molar-refractivity contribution in [2.45, 2.75) is 17.7 Å². The second-order valence-corrected chi connectivity index (χ2v) is 4.50. The number of fused-ring (bicyclic) bond motifs is 1. The van der Waals surface area contributed by atoms with Gasteiger partial charge in [0.1, 0.15) is 17.4 Å². The Balaban J connectivity index is 2.44. The number of methoxy groups -OCH3 is 1. The molecule has 1 heterocycles. The van der Waals surface area contributed by atoms with Gasteiger partial charge in [-0.15, -0.1) is 0 Å². The largest absolute Gasteiger partial charge is 0.496 e. The summed E-state index contributed by atoms with van der Waals surface area (Å²) in [5.41, 5.74) is 1.00. The topological polar surface area (TPSA) is 38.7 Å². The van der Waals surface area contributed by atoms with E-state index < -0.39 is 0 Å². The molecular formula is C11H14O3S. The molecule has 1 atom stereocenters. The van der Waals surface area contributed by atoms with Gasteiger partial charge in [0.25, 0.3) is 0 Å². The Hall–Kier alpha value is -0.870. The molecule has 1 aliphatic rings. The SMILES string of the molecule is COc1cc2c(cc1C(C)CO)OCS2. The number of hydrogen-bond donors (Lipinski definition) is 1. The highest BCUT2D eigenvalue weighted by atomic mass is 32.2. The van der Waals surface area contributed by atoms with Gasteiger partial charge in [0.2, 0.25) is 0 Å². The quantitative estimate of drug-likeness (QED) is 0.857. The smallest absolute Gasteiger partial charge is 0.138 e. The maximum Gasteiger partial charge on any atom is 0.138 e. The van der Waals surface area contributed by atoms with Gasteiger partial charge in [-0.3, -0.25) is 0 Å². The molecule has 1 aliphatic heterocycles. The van der Waals surface area contributed by atoms with Crippen LogP contribution in [-0.2, 0) is 0 Å². The molecule has 0 aromatic heterocycles. The third kappa shape index (κ3) is 1.92. The minimum atomic E-state index is 0.0689. The predicted octanol–water partition coefficient (Wildman–Crippen LogP) is 2.23. The lowest BCUT2D eigenvalue weighted by Crippen LogP contribution is -2.02. The number of hydrogen-bond acceptors (Lipinski definition) is 4. The van der Waals surface area contributed by atoms with Crippen molar-refractivity contribution in [3.63, 3.8) is 0 Å². The van der Waals surface area contributed by atoms with Gasteiger partial charge in [-0.1, -0.05) is 18.7 Å². The maximum absolute atomic E-state index is 9.16. The Labute approximate surface area is 93.4 Å². The first-order valence-corrected chi connectivity index (χ1v) is 5.83. The zero-order chi connectivity index (χ0) is 10.8. The molecule has 1 aromatic carbocycles. The minimum absolute atomic E-state index is 0.0689. The number of aliphatic hydroxyl groups excluding tert-OH is 1. The monoisotopic (exact) mass is 226 g/mol. The van der Waals surface area contributed by atoms with Crippen LogP contribution < -0.4 is 9.47 Å². The molecule has 1 aromatic rings. The molecule has 0 saturated heterocycles. The highest BCUT2D eigenvalue weighted by molar-refractivity contribution is 7.99. The Morgan fingerprint density at radius 2 is 2.40 bits per heavy atom. The van der Waals surface area contributed by atoms with Crippen molar-refractivity contribution in [1.82, 2.24) is 0 Å². The van der Waals surface area contributed by atoms with Gasteiger partial charge < -0.3 is 14.6 Å². The first-order chi connectivity index (χ1) is 7.26. The Bertz CT molecular complexity index is 365. The zero-order valence-corrected chi connectivity index (χ0v) is 9.63. The molecule has 0 radical (unpaired) electrons. The molecule has 15 heavy (non-hydrogen) atoms. The number of thioether (sulfide) groups is 1. The van der Waals surface area contributed by atoms with E-state index in [1.165, 1.54) is 0 Å². The van der Waals surface area contributed by atoms with Crippen LogP contribution in [0.15, 0.2) is 17.0 Å². The Morgan fingerprint density at radius 1 is 1.60 bits per heavy atom. The first kappa shape index (κ1) is 10.6. The number of benzene rings is 1. The van der Waals surface area contributed by atoms with Crippen LogP contribution in [-0.4, -0.2) is 24.8 Å². The molecule has 4 heteroatoms. The molecule has 82 valence electrons. The van der Waals surface area contributed by atoms with Crippen LogP contribution in [0.25, 0.3) is 0 Å². The predicted molar refractivity (Wildman–Crippen MR) is 59.8 cm³/mol. The van der Waals surface area contributed by atoms with E-state index in [-0.39, 0.29) is 12.5 Å². The van der Waals surface area contributed by atoms with Gasteiger partial charge in [-0.25, -0.2) is 0 Å². The van der Waals surface area contributed by atoms with Crippen LogP contribution in [0.2, 0.25) is 0 Å². The molecule has 0 fully saturated rings. The van der Waals surface area contributed by atoms with Gasteiger partial charge in [0.05, 0.1) is 12.0 Å². The third-order valence-corrected chi connectivity index (χ3v) is 3.40. The van der Waals surface area contributed by atoms with E-state index in [9.17, 15) is 0 Å². The summed E-state index contributed by atoms with van der Waals surface area (Å²) in [6.45, 7) is 2.08. The summed E-state index contributed by atoms with van der Waals surface area (Å²) in [5, 5.41) is 9.16. The van der Waals surface area contributed by atoms with E-state index in [0.29, 0.717) is 5.94 Å². The summed E-state index contributed by atoms with van der Waals surface area (Å²) in [5.74, 6) is 2.46. The van der Waals surface area contributed by atoms with Crippen molar-refractivity contribution < 1.29 is 14.6 Å². The summed E-state index contributed by atoms with van der Waals surface area (Å²) in [6.07, 6.45) is 0. The van der Waals surface area contributed by atoms with Crippen molar-refractivity contribution >= 4 is 11.8 Å². The fraction of sp³-hybridized carbons (Fsp3) is 0.455.